The number of nitriles is 1. The Morgan fingerprint density at radius 2 is 2.10 bits per heavy atom. The van der Waals surface area contributed by atoms with Gasteiger partial charge in [0.2, 0.25) is 11.8 Å². The maximum Gasteiger partial charge on any atom is 0.238 e. The SMILES string of the molecule is Cn1nc(C2CC2)cc1Oc1cc(C#N)ccc1-c1ccc(C(N)C(N)=O)cn1. The summed E-state index contributed by atoms with van der Waals surface area (Å²) < 4.78 is 7.82. The Morgan fingerprint density at radius 1 is 1.31 bits per heavy atom. The molecule has 1 atom stereocenters. The van der Waals surface area contributed by atoms with Crippen molar-refractivity contribution < 1.29 is 9.53 Å². The molecule has 1 aliphatic rings. The Labute approximate surface area is 167 Å². The number of amides is 1. The third kappa shape index (κ3) is 3.81. The molecule has 2 heterocycles. The van der Waals surface area contributed by atoms with Gasteiger partial charge in [-0.05, 0) is 42.7 Å². The van der Waals surface area contributed by atoms with Crippen LogP contribution in [0.4, 0.5) is 0 Å². The number of hydrogen-bond acceptors (Lipinski definition) is 6. The van der Waals surface area contributed by atoms with E-state index in [4.69, 9.17) is 16.2 Å². The fraction of sp³-hybridized carbons (Fsp3) is 0.238. The van der Waals surface area contributed by atoms with Gasteiger partial charge in [0.1, 0.15) is 11.8 Å². The van der Waals surface area contributed by atoms with E-state index in [1.54, 1.807) is 35.0 Å². The van der Waals surface area contributed by atoms with Gasteiger partial charge in [-0.25, -0.2) is 4.68 Å². The zero-order valence-corrected chi connectivity index (χ0v) is 15.9. The minimum absolute atomic E-state index is 0.473. The summed E-state index contributed by atoms with van der Waals surface area (Å²) >= 11 is 0. The Balaban J connectivity index is 1.69. The number of primary amides is 1. The fourth-order valence-electron chi connectivity index (χ4n) is 3.06. The van der Waals surface area contributed by atoms with Crippen molar-refractivity contribution in [3.05, 3.63) is 59.4 Å². The molecule has 2 aromatic heterocycles. The third-order valence-electron chi connectivity index (χ3n) is 4.90. The molecule has 1 fully saturated rings. The summed E-state index contributed by atoms with van der Waals surface area (Å²) in [5.74, 6) is 0.973. The lowest BCUT2D eigenvalue weighted by Crippen LogP contribution is -2.28. The van der Waals surface area contributed by atoms with Crippen LogP contribution in [0.2, 0.25) is 0 Å². The molecule has 8 heteroatoms. The van der Waals surface area contributed by atoms with Crippen LogP contribution in [0.3, 0.4) is 0 Å². The first kappa shape index (κ1) is 18.7. The molecule has 1 aromatic carbocycles. The zero-order valence-electron chi connectivity index (χ0n) is 15.9. The molecule has 4 rings (SSSR count). The number of ether oxygens (including phenoxy) is 1. The summed E-state index contributed by atoms with van der Waals surface area (Å²) in [5, 5.41) is 13.8. The number of nitrogens with zero attached hydrogens (tertiary/aromatic N) is 4. The lowest BCUT2D eigenvalue weighted by atomic mass is 10.0. The second-order valence-corrected chi connectivity index (χ2v) is 7.09. The number of aryl methyl sites for hydroxylation is 1. The third-order valence-corrected chi connectivity index (χ3v) is 4.90. The summed E-state index contributed by atoms with van der Waals surface area (Å²) in [4.78, 5) is 15.7. The highest BCUT2D eigenvalue weighted by Gasteiger charge is 2.27. The summed E-state index contributed by atoms with van der Waals surface area (Å²) in [7, 11) is 1.83. The van der Waals surface area contributed by atoms with Gasteiger partial charge in [-0.1, -0.05) is 6.07 Å². The first-order valence-electron chi connectivity index (χ1n) is 9.23. The van der Waals surface area contributed by atoms with Gasteiger partial charge in [0.15, 0.2) is 0 Å². The highest BCUT2D eigenvalue weighted by molar-refractivity contribution is 5.81. The quantitative estimate of drug-likeness (QED) is 0.666. The van der Waals surface area contributed by atoms with E-state index in [9.17, 15) is 10.1 Å². The van der Waals surface area contributed by atoms with Crippen LogP contribution in [-0.4, -0.2) is 20.7 Å². The molecule has 1 aliphatic carbocycles. The van der Waals surface area contributed by atoms with Gasteiger partial charge in [-0.2, -0.15) is 10.4 Å². The Kier molecular flexibility index (Phi) is 4.74. The minimum Gasteiger partial charge on any atom is -0.439 e. The van der Waals surface area contributed by atoms with Gasteiger partial charge in [0, 0.05) is 30.8 Å². The molecule has 0 saturated heterocycles. The first-order valence-corrected chi connectivity index (χ1v) is 9.23. The Bertz CT molecular complexity index is 1110. The molecule has 1 unspecified atom stereocenters. The van der Waals surface area contributed by atoms with Crippen LogP contribution in [0.25, 0.3) is 11.3 Å². The largest absolute Gasteiger partial charge is 0.439 e. The number of pyridine rings is 1. The van der Waals surface area contributed by atoms with Gasteiger partial charge in [-0.3, -0.25) is 9.78 Å². The molecule has 0 radical (unpaired) electrons. The highest BCUT2D eigenvalue weighted by Crippen LogP contribution is 2.41. The summed E-state index contributed by atoms with van der Waals surface area (Å²) in [6, 6.07) is 11.7. The lowest BCUT2D eigenvalue weighted by molar-refractivity contribution is -0.119. The number of carbonyl (C=O) groups is 1. The molecule has 1 saturated carbocycles. The average Bonchev–Trinajstić information content (AvgIpc) is 3.51. The normalized spacial score (nSPS) is 14.2. The lowest BCUT2D eigenvalue weighted by Gasteiger charge is -2.12. The molecular formula is C21H20N6O2. The number of rotatable bonds is 6. The molecule has 8 nitrogen and oxygen atoms in total. The predicted molar refractivity (Wildman–Crippen MR) is 106 cm³/mol. The van der Waals surface area contributed by atoms with E-state index in [2.05, 4.69) is 16.2 Å². The van der Waals surface area contributed by atoms with Crippen LogP contribution in [0.1, 0.15) is 41.6 Å². The first-order chi connectivity index (χ1) is 14.0. The van der Waals surface area contributed by atoms with E-state index < -0.39 is 11.9 Å². The summed E-state index contributed by atoms with van der Waals surface area (Å²) in [5.41, 5.74) is 14.4. The topological polar surface area (TPSA) is 133 Å². The van der Waals surface area contributed by atoms with Crippen molar-refractivity contribution >= 4 is 5.91 Å². The summed E-state index contributed by atoms with van der Waals surface area (Å²) in [6.07, 6.45) is 3.81. The molecule has 146 valence electrons. The van der Waals surface area contributed by atoms with E-state index in [0.717, 1.165) is 18.5 Å². The number of benzene rings is 1. The number of hydrogen-bond donors (Lipinski definition) is 2. The molecule has 1 amide bonds. The van der Waals surface area contributed by atoms with Gasteiger partial charge >= 0.3 is 0 Å². The summed E-state index contributed by atoms with van der Waals surface area (Å²) in [6.45, 7) is 0. The van der Waals surface area contributed by atoms with Gasteiger partial charge in [0.05, 0.1) is 23.0 Å². The van der Waals surface area contributed by atoms with Crippen LogP contribution < -0.4 is 16.2 Å². The maximum absolute atomic E-state index is 11.3. The maximum atomic E-state index is 11.3. The molecule has 0 aliphatic heterocycles. The van der Waals surface area contributed by atoms with Crippen LogP contribution >= 0.6 is 0 Å². The van der Waals surface area contributed by atoms with Crippen molar-refractivity contribution in [3.8, 4) is 29.0 Å². The number of aromatic nitrogens is 3. The second-order valence-electron chi connectivity index (χ2n) is 7.09. The van der Waals surface area contributed by atoms with Gasteiger partial charge < -0.3 is 16.2 Å². The molecule has 0 bridgehead atoms. The second kappa shape index (κ2) is 7.37. The molecule has 0 spiro atoms. The van der Waals surface area contributed by atoms with E-state index in [1.807, 2.05) is 13.1 Å². The molecule has 29 heavy (non-hydrogen) atoms. The van der Waals surface area contributed by atoms with Crippen LogP contribution in [0.5, 0.6) is 11.6 Å². The highest BCUT2D eigenvalue weighted by atomic mass is 16.5. The van der Waals surface area contributed by atoms with Crippen molar-refractivity contribution in [1.29, 1.82) is 5.26 Å². The Morgan fingerprint density at radius 3 is 2.72 bits per heavy atom. The van der Waals surface area contributed by atoms with Gasteiger partial charge in [-0.15, -0.1) is 0 Å². The van der Waals surface area contributed by atoms with Crippen LogP contribution in [0.15, 0.2) is 42.6 Å². The van der Waals surface area contributed by atoms with Gasteiger partial charge in [0.25, 0.3) is 0 Å². The van der Waals surface area contributed by atoms with E-state index >= 15 is 0 Å². The van der Waals surface area contributed by atoms with Crippen molar-refractivity contribution in [1.82, 2.24) is 14.8 Å². The van der Waals surface area contributed by atoms with Crippen molar-refractivity contribution in [3.63, 3.8) is 0 Å². The smallest absolute Gasteiger partial charge is 0.238 e. The number of nitrogens with two attached hydrogens (primary N) is 2. The van der Waals surface area contributed by atoms with Crippen molar-refractivity contribution in [2.24, 2.45) is 18.5 Å². The van der Waals surface area contributed by atoms with Crippen LogP contribution in [0, 0.1) is 11.3 Å². The Hall–Kier alpha value is -3.70. The van der Waals surface area contributed by atoms with Crippen LogP contribution in [-0.2, 0) is 11.8 Å². The van der Waals surface area contributed by atoms with Crippen molar-refractivity contribution in [2.75, 3.05) is 0 Å². The molecule has 3 aromatic rings. The molecule has 4 N–H and O–H groups in total. The monoisotopic (exact) mass is 388 g/mol. The zero-order chi connectivity index (χ0) is 20.5. The predicted octanol–water partition coefficient (Wildman–Crippen LogP) is 2.51. The minimum atomic E-state index is -0.913. The standard InChI is InChI=1S/C21H20N6O2/c1-27-19(9-17(26-27)13-3-4-13)29-18-8-12(10-22)2-6-15(18)16-7-5-14(11-25-16)20(23)21(24)28/h2,5-9,11,13,20H,3-4,23H2,1H3,(H2,24,28). The average molecular weight is 388 g/mol. The van der Waals surface area contributed by atoms with E-state index in [0.29, 0.717) is 39.9 Å². The van der Waals surface area contributed by atoms with Crippen molar-refractivity contribution in [2.45, 2.75) is 24.8 Å². The van der Waals surface area contributed by atoms with E-state index in [1.165, 1.54) is 6.20 Å². The van der Waals surface area contributed by atoms with E-state index in [-0.39, 0.29) is 0 Å². The molecular weight excluding hydrogens is 368 g/mol. The fourth-order valence-corrected chi connectivity index (χ4v) is 3.06. The number of carbonyl (C=O) groups excluding carboxylic acids is 1.